The maximum absolute atomic E-state index is 12.6. The molecule has 0 spiro atoms. The van der Waals surface area contributed by atoms with E-state index >= 15 is 0 Å². The first-order valence-electron chi connectivity index (χ1n) is 34.0. The molecule has 0 aliphatic heterocycles. The average Bonchev–Trinajstić information content (AvgIpc) is 3.44. The van der Waals surface area contributed by atoms with E-state index in [0.717, 1.165) is 167 Å². The minimum Gasteiger partial charge on any atom is -0.481 e. The van der Waals surface area contributed by atoms with Gasteiger partial charge in [0.25, 0.3) is 0 Å². The van der Waals surface area contributed by atoms with Crippen LogP contribution in [-0.4, -0.2) is 69.9 Å². The number of rotatable bonds is 57. The van der Waals surface area contributed by atoms with E-state index in [4.69, 9.17) is 19.7 Å². The molecule has 0 heterocycles. The van der Waals surface area contributed by atoms with Crippen LogP contribution >= 0.6 is 0 Å². The number of esters is 2. The zero-order valence-corrected chi connectivity index (χ0v) is 53.3. The van der Waals surface area contributed by atoms with Crippen LogP contribution in [0, 0.1) is 11.8 Å². The van der Waals surface area contributed by atoms with E-state index in [2.05, 4.69) is 84.9 Å². The zero-order chi connectivity index (χ0) is 58.9. The van der Waals surface area contributed by atoms with Crippen molar-refractivity contribution in [1.82, 2.24) is 0 Å². The van der Waals surface area contributed by atoms with E-state index in [-0.39, 0.29) is 30.3 Å². The fourth-order valence-electron chi connectivity index (χ4n) is 9.52. The minimum atomic E-state index is -0.689. The Kier molecular flexibility index (Phi) is 69.5. The lowest BCUT2D eigenvalue weighted by atomic mass is 10.0. The lowest BCUT2D eigenvalue weighted by Gasteiger charge is -2.16. The van der Waals surface area contributed by atoms with E-state index in [1.165, 1.54) is 116 Å². The van der Waals surface area contributed by atoms with Crippen LogP contribution in [0.15, 0.2) is 36.5 Å². The number of carboxylic acid groups (broad SMARTS) is 1. The van der Waals surface area contributed by atoms with Crippen LogP contribution in [0.5, 0.6) is 0 Å². The van der Waals surface area contributed by atoms with Crippen LogP contribution in [0.3, 0.4) is 0 Å². The summed E-state index contributed by atoms with van der Waals surface area (Å²) in [6.45, 7) is 16.3. The number of carboxylic acids is 1. The lowest BCUT2D eigenvalue weighted by Crippen LogP contribution is -2.17. The first-order chi connectivity index (χ1) is 38.5. The third kappa shape index (κ3) is 67.9. The summed E-state index contributed by atoms with van der Waals surface area (Å²) in [5, 5.41) is 37.1. The van der Waals surface area contributed by atoms with Crippen molar-refractivity contribution >= 4 is 17.9 Å². The van der Waals surface area contributed by atoms with Gasteiger partial charge in [-0.2, -0.15) is 0 Å². The fraction of sp³-hybridized carbons (Fsp3) is 0.871. The molecule has 5 unspecified atom stereocenters. The third-order valence-corrected chi connectivity index (χ3v) is 15.3. The predicted octanol–water partition coefficient (Wildman–Crippen LogP) is 20.6. The van der Waals surface area contributed by atoms with Gasteiger partial charge < -0.3 is 29.9 Å². The Bertz CT molecular complexity index is 1330. The number of allylic oxidation sites excluding steroid dienone is 3. The Morgan fingerprint density at radius 1 is 0.380 bits per heavy atom. The number of ether oxygens (including phenoxy) is 2. The molecule has 9 nitrogen and oxygen atoms in total. The fourth-order valence-corrected chi connectivity index (χ4v) is 9.52. The van der Waals surface area contributed by atoms with Gasteiger partial charge in [0.1, 0.15) is 6.10 Å². The standard InChI is InChI=1S/C44H82O5.C18H34O3.C8H18O/c1-5-9-12-26-33-41(45)34-27-22-18-14-16-21-25-31-38-44(47)49-42(35-28-13-10-6-2)36-29-23-19-15-17-20-24-30-37-43(46)48-39-40(8-4)32-11-7-3;1-2-3-4-11-14-17(19)15-12-9-7-5-6-8-10-13-16-18(20)21;1-3-5-6-8(4-2)7-9/h22-23,27,29,40-42,45H,5-21,24-26,28,30-39H2,1-4H3;9,12,17,19H,2-8,10-11,13-16H2,1H3,(H,20,21);8-9H,3-7H2,1-2H3/b27-22-,29-23-;12-9-;. The summed E-state index contributed by atoms with van der Waals surface area (Å²) in [5.74, 6) is 0.326. The molecule has 0 rings (SSSR count). The van der Waals surface area contributed by atoms with Gasteiger partial charge in [-0.25, -0.2) is 0 Å². The molecule has 9 heteroatoms. The van der Waals surface area contributed by atoms with Crippen molar-refractivity contribution in [2.75, 3.05) is 13.2 Å². The highest BCUT2D eigenvalue weighted by atomic mass is 16.5. The molecular weight excluding hydrogens is 985 g/mol. The Morgan fingerprint density at radius 3 is 1.16 bits per heavy atom. The second-order valence-corrected chi connectivity index (χ2v) is 23.1. The molecule has 0 aromatic rings. The van der Waals surface area contributed by atoms with Crippen molar-refractivity contribution in [1.29, 1.82) is 0 Å². The van der Waals surface area contributed by atoms with Crippen molar-refractivity contribution in [3.8, 4) is 0 Å². The van der Waals surface area contributed by atoms with Gasteiger partial charge in [-0.3, -0.25) is 14.4 Å². The topological polar surface area (TPSA) is 151 Å². The molecule has 4 N–H and O–H groups in total. The van der Waals surface area contributed by atoms with Gasteiger partial charge in [0.05, 0.1) is 18.8 Å². The number of aliphatic hydroxyl groups excluding tert-OH is 3. The molecule has 0 saturated carbocycles. The lowest BCUT2D eigenvalue weighted by molar-refractivity contribution is -0.149. The van der Waals surface area contributed by atoms with Gasteiger partial charge in [0.2, 0.25) is 0 Å². The minimum absolute atomic E-state index is 0.00117. The monoisotopic (exact) mass is 1120 g/mol. The van der Waals surface area contributed by atoms with Gasteiger partial charge in [0.15, 0.2) is 0 Å². The van der Waals surface area contributed by atoms with Gasteiger partial charge in [-0.05, 0) is 121 Å². The first-order valence-corrected chi connectivity index (χ1v) is 34.0. The quantitative estimate of drug-likeness (QED) is 0.0265. The van der Waals surface area contributed by atoms with Gasteiger partial charge in [-0.15, -0.1) is 0 Å². The molecule has 5 atom stereocenters. The van der Waals surface area contributed by atoms with Crippen molar-refractivity contribution in [3.05, 3.63) is 36.5 Å². The molecule has 0 radical (unpaired) electrons. The summed E-state index contributed by atoms with van der Waals surface area (Å²) in [4.78, 5) is 35.0. The molecule has 468 valence electrons. The molecule has 0 bridgehead atoms. The SMILES string of the molecule is CCCCC(CC)CO.CCCCCCC(O)C/C=C\CCCCCCCC(=O)O.CCCCCCC(O)C/C=C\CCCCCCCC(=O)OC(C/C=C\CCCCCCCC(=O)OCC(CC)CCCC)CCCCCC. The Balaban J connectivity index is -0.00000156. The number of aliphatic hydroxyl groups is 3. The largest absolute Gasteiger partial charge is 0.481 e. The number of carbonyl (C=O) groups is 3. The van der Waals surface area contributed by atoms with Crippen LogP contribution in [0.4, 0.5) is 0 Å². The van der Waals surface area contributed by atoms with Crippen LogP contribution in [0.25, 0.3) is 0 Å². The Hall–Kier alpha value is -2.49. The maximum atomic E-state index is 12.6. The highest BCUT2D eigenvalue weighted by Crippen LogP contribution is 2.18. The van der Waals surface area contributed by atoms with E-state index in [1.54, 1.807) is 0 Å². The summed E-state index contributed by atoms with van der Waals surface area (Å²) in [5.41, 5.74) is 0. The van der Waals surface area contributed by atoms with Gasteiger partial charge in [-0.1, -0.05) is 252 Å². The molecule has 0 aromatic carbocycles. The summed E-state index contributed by atoms with van der Waals surface area (Å²) in [7, 11) is 0. The summed E-state index contributed by atoms with van der Waals surface area (Å²) in [6.07, 6.45) is 62.9. The second-order valence-electron chi connectivity index (χ2n) is 23.1. The Morgan fingerprint density at radius 2 is 0.747 bits per heavy atom. The van der Waals surface area contributed by atoms with Crippen molar-refractivity contribution in [3.63, 3.8) is 0 Å². The van der Waals surface area contributed by atoms with E-state index < -0.39 is 5.97 Å². The average molecular weight is 1120 g/mol. The molecule has 0 aliphatic carbocycles. The summed E-state index contributed by atoms with van der Waals surface area (Å²) >= 11 is 0. The highest BCUT2D eigenvalue weighted by molar-refractivity contribution is 5.69. The molecule has 0 fully saturated rings. The van der Waals surface area contributed by atoms with Crippen LogP contribution in [0.1, 0.15) is 350 Å². The molecular formula is C70H134O9. The molecule has 0 amide bonds. The van der Waals surface area contributed by atoms with E-state index in [0.29, 0.717) is 44.3 Å². The number of aliphatic carboxylic acids is 1. The van der Waals surface area contributed by atoms with Crippen molar-refractivity contribution < 1.29 is 44.3 Å². The summed E-state index contributed by atoms with van der Waals surface area (Å²) in [6, 6.07) is 0. The highest BCUT2D eigenvalue weighted by Gasteiger charge is 2.14. The third-order valence-electron chi connectivity index (χ3n) is 15.3. The number of hydrogen-bond acceptors (Lipinski definition) is 8. The summed E-state index contributed by atoms with van der Waals surface area (Å²) < 4.78 is 11.5. The smallest absolute Gasteiger partial charge is 0.306 e. The van der Waals surface area contributed by atoms with Crippen LogP contribution < -0.4 is 0 Å². The van der Waals surface area contributed by atoms with Crippen LogP contribution in [-0.2, 0) is 23.9 Å². The second kappa shape index (κ2) is 68.0. The molecule has 0 aliphatic rings. The van der Waals surface area contributed by atoms with Crippen molar-refractivity contribution in [2.24, 2.45) is 11.8 Å². The Labute approximate surface area is 490 Å². The maximum Gasteiger partial charge on any atom is 0.306 e. The molecule has 0 saturated heterocycles. The van der Waals surface area contributed by atoms with Crippen molar-refractivity contribution in [2.45, 2.75) is 369 Å². The van der Waals surface area contributed by atoms with Gasteiger partial charge >= 0.3 is 17.9 Å². The number of carbonyl (C=O) groups excluding carboxylic acids is 2. The first kappa shape index (κ1) is 80.7. The van der Waals surface area contributed by atoms with E-state index in [9.17, 15) is 24.6 Å². The number of unbranched alkanes of at least 4 members (excludes halogenated alkanes) is 26. The van der Waals surface area contributed by atoms with Crippen LogP contribution in [0.2, 0.25) is 0 Å². The zero-order valence-electron chi connectivity index (χ0n) is 53.3. The predicted molar refractivity (Wildman–Crippen MR) is 339 cm³/mol. The normalized spacial score (nSPS) is 13.4. The number of hydrogen-bond donors (Lipinski definition) is 4. The molecule has 79 heavy (non-hydrogen) atoms. The van der Waals surface area contributed by atoms with E-state index in [1.807, 2.05) is 0 Å². The van der Waals surface area contributed by atoms with Gasteiger partial charge in [0, 0.05) is 32.3 Å². The molecule has 0 aromatic heterocycles.